The second kappa shape index (κ2) is 7.11. The van der Waals surface area contributed by atoms with E-state index in [1.165, 1.54) is 23.9 Å². The molecule has 0 heterocycles. The molecule has 0 aliphatic carbocycles. The number of carboxylic acids is 2. The van der Waals surface area contributed by atoms with Crippen molar-refractivity contribution in [1.82, 2.24) is 0 Å². The molecule has 0 fully saturated rings. The summed E-state index contributed by atoms with van der Waals surface area (Å²) in [6.07, 6.45) is 2.91. The van der Waals surface area contributed by atoms with Crippen LogP contribution in [-0.2, 0) is 9.59 Å². The second-order valence-corrected chi connectivity index (χ2v) is 4.36. The molecule has 0 radical (unpaired) electrons. The molecule has 4 nitrogen and oxygen atoms in total. The normalized spacial score (nSPS) is 13.9. The molecule has 2 N–H and O–H groups in total. The highest BCUT2D eigenvalue weighted by atomic mass is 32.2. The van der Waals surface area contributed by atoms with Crippen LogP contribution in [0.2, 0.25) is 0 Å². The minimum absolute atomic E-state index is 0.0574. The molecule has 0 aromatic rings. The fraction of sp³-hybridized carbons (Fsp3) is 0.400. The highest BCUT2D eigenvalue weighted by Crippen LogP contribution is 2.24. The molecule has 0 rings (SSSR count). The number of hydrogen-bond donors (Lipinski definition) is 2. The van der Waals surface area contributed by atoms with Crippen molar-refractivity contribution >= 4 is 23.7 Å². The van der Waals surface area contributed by atoms with E-state index in [4.69, 9.17) is 10.2 Å². The Morgan fingerprint density at radius 1 is 1.07 bits per heavy atom. The topological polar surface area (TPSA) is 74.6 Å². The predicted octanol–water partition coefficient (Wildman–Crippen LogP) is 1.78. The van der Waals surface area contributed by atoms with Crippen molar-refractivity contribution in [3.63, 3.8) is 0 Å². The van der Waals surface area contributed by atoms with Gasteiger partial charge in [0.05, 0.1) is 12.8 Å². The Balaban J connectivity index is 4.22. The molecule has 0 saturated carbocycles. The zero-order valence-electron chi connectivity index (χ0n) is 8.26. The van der Waals surface area contributed by atoms with Gasteiger partial charge in [-0.15, -0.1) is 24.9 Å². The molecule has 0 bridgehead atoms. The third-order valence-corrected chi connectivity index (χ3v) is 3.04. The summed E-state index contributed by atoms with van der Waals surface area (Å²) < 4.78 is 0. The molecule has 2 unspecified atom stereocenters. The zero-order valence-corrected chi connectivity index (χ0v) is 9.07. The van der Waals surface area contributed by atoms with Gasteiger partial charge in [-0.1, -0.05) is 12.2 Å². The second-order valence-electron chi connectivity index (χ2n) is 2.88. The van der Waals surface area contributed by atoms with Crippen molar-refractivity contribution in [1.29, 1.82) is 0 Å². The smallest absolute Gasteiger partial charge is 0.304 e. The van der Waals surface area contributed by atoms with Gasteiger partial charge < -0.3 is 10.2 Å². The summed E-state index contributed by atoms with van der Waals surface area (Å²) in [4.78, 5) is 20.9. The van der Waals surface area contributed by atoms with E-state index in [1.54, 1.807) is 0 Å². The van der Waals surface area contributed by atoms with E-state index in [9.17, 15) is 9.59 Å². The molecule has 15 heavy (non-hydrogen) atoms. The van der Waals surface area contributed by atoms with E-state index in [0.717, 1.165) is 0 Å². The maximum atomic E-state index is 10.5. The lowest BCUT2D eigenvalue weighted by atomic mass is 10.3. The SMILES string of the molecule is C=CC(CC(=O)O)SC(C=C)CC(=O)O. The van der Waals surface area contributed by atoms with Crippen LogP contribution in [0, 0.1) is 0 Å². The Morgan fingerprint density at radius 3 is 1.60 bits per heavy atom. The van der Waals surface area contributed by atoms with E-state index < -0.39 is 11.9 Å². The van der Waals surface area contributed by atoms with Gasteiger partial charge in [-0.25, -0.2) is 0 Å². The third-order valence-electron chi connectivity index (χ3n) is 1.63. The lowest BCUT2D eigenvalue weighted by Crippen LogP contribution is -2.14. The van der Waals surface area contributed by atoms with Crippen LogP contribution in [0.15, 0.2) is 25.3 Å². The lowest BCUT2D eigenvalue weighted by Gasteiger charge is -2.15. The first-order chi connectivity index (χ1) is 6.99. The number of hydrogen-bond acceptors (Lipinski definition) is 3. The number of thioether (sulfide) groups is 1. The van der Waals surface area contributed by atoms with Crippen LogP contribution >= 0.6 is 11.8 Å². The minimum Gasteiger partial charge on any atom is -0.481 e. The Hall–Kier alpha value is -1.23. The van der Waals surface area contributed by atoms with Gasteiger partial charge in [-0.2, -0.15) is 0 Å². The van der Waals surface area contributed by atoms with Crippen LogP contribution in [0.25, 0.3) is 0 Å². The molecule has 0 aromatic heterocycles. The maximum Gasteiger partial charge on any atom is 0.304 e. The summed E-state index contributed by atoms with van der Waals surface area (Å²) in [5, 5.41) is 16.6. The standard InChI is InChI=1S/C10H14O4S/c1-3-7(5-9(11)12)15-8(4-2)6-10(13)14/h3-4,7-8H,1-2,5-6H2,(H,11,12)(H,13,14). The van der Waals surface area contributed by atoms with E-state index in [1.807, 2.05) is 0 Å². The van der Waals surface area contributed by atoms with Crippen molar-refractivity contribution in [3.05, 3.63) is 25.3 Å². The van der Waals surface area contributed by atoms with Crippen LogP contribution in [0.4, 0.5) is 0 Å². The van der Waals surface area contributed by atoms with Crippen LogP contribution in [0.5, 0.6) is 0 Å². The number of aliphatic carboxylic acids is 2. The van der Waals surface area contributed by atoms with Gasteiger partial charge in [0, 0.05) is 10.5 Å². The molecule has 0 saturated heterocycles. The maximum absolute atomic E-state index is 10.5. The van der Waals surface area contributed by atoms with Crippen molar-refractivity contribution < 1.29 is 19.8 Å². The largest absolute Gasteiger partial charge is 0.481 e. The minimum atomic E-state index is -0.925. The molecular formula is C10H14O4S. The third kappa shape index (κ3) is 6.79. The first-order valence-electron chi connectivity index (χ1n) is 4.33. The Kier molecular flexibility index (Phi) is 6.53. The Labute approximate surface area is 92.7 Å². The predicted molar refractivity (Wildman–Crippen MR) is 60.1 cm³/mol. The first-order valence-corrected chi connectivity index (χ1v) is 5.28. The fourth-order valence-electron chi connectivity index (χ4n) is 0.943. The fourth-order valence-corrected chi connectivity index (χ4v) is 2.09. The van der Waals surface area contributed by atoms with Crippen molar-refractivity contribution in [2.45, 2.75) is 23.3 Å². The average molecular weight is 230 g/mol. The van der Waals surface area contributed by atoms with E-state index in [2.05, 4.69) is 13.2 Å². The van der Waals surface area contributed by atoms with Crippen molar-refractivity contribution in [2.24, 2.45) is 0 Å². The van der Waals surface area contributed by atoms with Crippen molar-refractivity contribution in [2.75, 3.05) is 0 Å². The number of rotatable bonds is 8. The van der Waals surface area contributed by atoms with Gasteiger partial charge >= 0.3 is 11.9 Å². The first kappa shape index (κ1) is 13.8. The summed E-state index contributed by atoms with van der Waals surface area (Å²) in [6, 6.07) is 0. The molecule has 2 atom stereocenters. The highest BCUT2D eigenvalue weighted by Gasteiger charge is 2.17. The van der Waals surface area contributed by atoms with Gasteiger partial charge in [0.25, 0.3) is 0 Å². The van der Waals surface area contributed by atoms with Crippen LogP contribution in [-0.4, -0.2) is 32.7 Å². The average Bonchev–Trinajstić information content (AvgIpc) is 2.14. The molecule has 0 aromatic carbocycles. The molecule has 0 amide bonds. The van der Waals surface area contributed by atoms with E-state index >= 15 is 0 Å². The summed E-state index contributed by atoms with van der Waals surface area (Å²) in [6.45, 7) is 7.03. The number of carboxylic acid groups (broad SMARTS) is 2. The quantitative estimate of drug-likeness (QED) is 0.622. The molecule has 0 aliphatic heterocycles. The molecule has 0 aliphatic rings. The highest BCUT2D eigenvalue weighted by molar-refractivity contribution is 8.00. The molecule has 0 spiro atoms. The summed E-state index contributed by atoms with van der Waals surface area (Å²) in [7, 11) is 0. The monoisotopic (exact) mass is 230 g/mol. The summed E-state index contributed by atoms with van der Waals surface area (Å²) >= 11 is 1.25. The zero-order chi connectivity index (χ0) is 11.8. The van der Waals surface area contributed by atoms with Crippen LogP contribution in [0.3, 0.4) is 0 Å². The Bertz CT molecular complexity index is 236. The van der Waals surface area contributed by atoms with Crippen molar-refractivity contribution in [3.8, 4) is 0 Å². The lowest BCUT2D eigenvalue weighted by molar-refractivity contribution is -0.137. The van der Waals surface area contributed by atoms with Crippen LogP contribution in [0.1, 0.15) is 12.8 Å². The molecule has 84 valence electrons. The molecule has 5 heteroatoms. The van der Waals surface area contributed by atoms with Gasteiger partial charge in [0.15, 0.2) is 0 Å². The van der Waals surface area contributed by atoms with Gasteiger partial charge in [-0.05, 0) is 0 Å². The van der Waals surface area contributed by atoms with Gasteiger partial charge in [0.1, 0.15) is 0 Å². The Morgan fingerprint density at radius 2 is 1.40 bits per heavy atom. The van der Waals surface area contributed by atoms with E-state index in [0.29, 0.717) is 0 Å². The summed E-state index contributed by atoms with van der Waals surface area (Å²) in [5.41, 5.74) is 0. The van der Waals surface area contributed by atoms with Gasteiger partial charge in [-0.3, -0.25) is 9.59 Å². The van der Waals surface area contributed by atoms with E-state index in [-0.39, 0.29) is 23.3 Å². The van der Waals surface area contributed by atoms with Gasteiger partial charge in [0.2, 0.25) is 0 Å². The van der Waals surface area contributed by atoms with Crippen LogP contribution < -0.4 is 0 Å². The molecular weight excluding hydrogens is 216 g/mol. The summed E-state index contributed by atoms with van der Waals surface area (Å²) in [5.74, 6) is -1.85. The number of carbonyl (C=O) groups is 2.